The van der Waals surface area contributed by atoms with E-state index in [0.717, 1.165) is 44.2 Å². The maximum atomic E-state index is 6.89. The molecule has 2 fully saturated rings. The van der Waals surface area contributed by atoms with Gasteiger partial charge >= 0.3 is 0 Å². The van der Waals surface area contributed by atoms with E-state index in [2.05, 4.69) is 81.5 Å². The molecular weight excluding hydrogens is 611 g/mol. The second-order valence-corrected chi connectivity index (χ2v) is 16.2. The largest absolute Gasteiger partial charge is 0.347 e. The lowest BCUT2D eigenvalue weighted by molar-refractivity contribution is -0.180. The summed E-state index contributed by atoms with van der Waals surface area (Å²) in [6, 6.07) is 0.753. The highest BCUT2D eigenvalue weighted by molar-refractivity contribution is 4.93. The minimum absolute atomic E-state index is 0.301. The third kappa shape index (κ3) is 23.4. The third-order valence-electron chi connectivity index (χ3n) is 11.3. The van der Waals surface area contributed by atoms with Gasteiger partial charge in [-0.05, 0) is 123 Å². The van der Waals surface area contributed by atoms with Crippen LogP contribution in [0.1, 0.15) is 206 Å². The molecule has 0 spiro atoms. The van der Waals surface area contributed by atoms with Gasteiger partial charge < -0.3 is 14.4 Å². The van der Waals surface area contributed by atoms with E-state index in [1.165, 1.54) is 167 Å². The van der Waals surface area contributed by atoms with Crippen LogP contribution in [0.25, 0.3) is 0 Å². The van der Waals surface area contributed by atoms with Crippen LogP contribution in [0.5, 0.6) is 0 Å². The molecule has 2 rings (SSSR count). The molecule has 0 N–H and O–H groups in total. The molecule has 3 atom stereocenters. The Morgan fingerprint density at radius 1 is 0.540 bits per heavy atom. The van der Waals surface area contributed by atoms with Crippen LogP contribution in [-0.4, -0.2) is 43.5 Å². The molecule has 290 valence electrons. The van der Waals surface area contributed by atoms with E-state index in [0.29, 0.717) is 6.10 Å². The average molecular weight is 696 g/mol. The van der Waals surface area contributed by atoms with Crippen LogP contribution < -0.4 is 0 Å². The van der Waals surface area contributed by atoms with Gasteiger partial charge in [-0.1, -0.05) is 140 Å². The summed E-state index contributed by atoms with van der Waals surface area (Å²) < 4.78 is 13.5. The summed E-state index contributed by atoms with van der Waals surface area (Å²) in [5.41, 5.74) is 0. The highest BCUT2D eigenvalue weighted by Gasteiger charge is 2.42. The number of hydrogen-bond acceptors (Lipinski definition) is 3. The molecule has 1 saturated heterocycles. The Balaban J connectivity index is 1.60. The van der Waals surface area contributed by atoms with Crippen molar-refractivity contribution in [2.75, 3.05) is 20.7 Å². The summed E-state index contributed by atoms with van der Waals surface area (Å²) in [6.45, 7) is 5.36. The van der Waals surface area contributed by atoms with Crippen LogP contribution in [0.4, 0.5) is 0 Å². The number of hydrogen-bond donors (Lipinski definition) is 0. The van der Waals surface area contributed by atoms with Crippen molar-refractivity contribution in [3.05, 3.63) is 48.6 Å². The number of rotatable bonds is 33. The predicted molar refractivity (Wildman–Crippen MR) is 221 cm³/mol. The van der Waals surface area contributed by atoms with Crippen molar-refractivity contribution in [3.8, 4) is 0 Å². The fraction of sp³-hybridized carbons (Fsp3) is 0.830. The van der Waals surface area contributed by atoms with Crippen LogP contribution in [0.3, 0.4) is 0 Å². The lowest BCUT2D eigenvalue weighted by atomic mass is 9.98. The molecular formula is C47H85NO2. The van der Waals surface area contributed by atoms with Crippen molar-refractivity contribution < 1.29 is 9.47 Å². The first-order valence-electron chi connectivity index (χ1n) is 22.2. The minimum atomic E-state index is -0.311. The van der Waals surface area contributed by atoms with Gasteiger partial charge in [-0.3, -0.25) is 0 Å². The fourth-order valence-electron chi connectivity index (χ4n) is 7.99. The van der Waals surface area contributed by atoms with Crippen LogP contribution in [-0.2, 0) is 9.47 Å². The number of allylic oxidation sites excluding steroid dienone is 8. The molecule has 0 radical (unpaired) electrons. The highest BCUT2D eigenvalue weighted by atomic mass is 16.7. The van der Waals surface area contributed by atoms with E-state index in [1.54, 1.807) is 0 Å². The topological polar surface area (TPSA) is 21.7 Å². The average Bonchev–Trinajstić information content (AvgIpc) is 3.75. The standard InChI is InChI=1S/C47H85NO2/c1-5-7-9-11-13-15-17-19-21-23-25-27-29-31-33-35-39-47(49-43-46(50-47)42-44-37-38-45(41-44)48(3)4)40-36-34-32-30-28-26-24-22-20-18-16-14-12-10-8-6-2/h13-16,19-22,44-46H,5-12,17-18,23-43H2,1-4H3/b15-13-,16-14-,21-19-,22-20-. The van der Waals surface area contributed by atoms with Crippen molar-refractivity contribution in [2.45, 2.75) is 224 Å². The number of ether oxygens (including phenoxy) is 2. The monoisotopic (exact) mass is 696 g/mol. The molecule has 3 heteroatoms. The first-order chi connectivity index (χ1) is 24.6. The summed E-state index contributed by atoms with van der Waals surface area (Å²) in [5.74, 6) is 0.491. The molecule has 50 heavy (non-hydrogen) atoms. The molecule has 0 aromatic heterocycles. The van der Waals surface area contributed by atoms with Crippen molar-refractivity contribution >= 4 is 0 Å². The second kappa shape index (κ2) is 31.4. The van der Waals surface area contributed by atoms with Gasteiger partial charge in [0.2, 0.25) is 0 Å². The molecule has 3 unspecified atom stereocenters. The molecule has 0 aromatic rings. The zero-order chi connectivity index (χ0) is 35.8. The molecule has 1 aliphatic heterocycles. The highest BCUT2D eigenvalue weighted by Crippen LogP contribution is 2.39. The Hall–Kier alpha value is -1.16. The van der Waals surface area contributed by atoms with Gasteiger partial charge in [0.15, 0.2) is 5.79 Å². The number of nitrogens with zero attached hydrogens (tertiary/aromatic N) is 1. The summed E-state index contributed by atoms with van der Waals surface area (Å²) in [7, 11) is 4.49. The quantitative estimate of drug-likeness (QED) is 0.0504. The first-order valence-corrected chi connectivity index (χ1v) is 22.2. The zero-order valence-electron chi connectivity index (χ0n) is 34.0. The maximum Gasteiger partial charge on any atom is 0.168 e. The van der Waals surface area contributed by atoms with E-state index >= 15 is 0 Å². The van der Waals surface area contributed by atoms with Crippen molar-refractivity contribution in [1.82, 2.24) is 4.90 Å². The van der Waals surface area contributed by atoms with Gasteiger partial charge in [0.1, 0.15) is 0 Å². The van der Waals surface area contributed by atoms with E-state index in [4.69, 9.17) is 9.47 Å². The summed E-state index contributed by atoms with van der Waals surface area (Å²) in [6.07, 6.45) is 57.7. The molecule has 0 amide bonds. The fourth-order valence-corrected chi connectivity index (χ4v) is 7.99. The first kappa shape index (κ1) is 45.0. The minimum Gasteiger partial charge on any atom is -0.347 e. The SMILES string of the molecule is CCCCC/C=C\C/C=C\CCCCCCCCC1(CCCCCCCC/C=C\C/C=C\CCCCC)OCC(CC2CCC(N(C)C)C2)O1. The molecule has 1 aliphatic carbocycles. The summed E-state index contributed by atoms with van der Waals surface area (Å²) in [4.78, 5) is 2.42. The summed E-state index contributed by atoms with van der Waals surface area (Å²) >= 11 is 0. The van der Waals surface area contributed by atoms with Gasteiger partial charge in [0.05, 0.1) is 12.7 Å². The van der Waals surface area contributed by atoms with Crippen LogP contribution in [0.15, 0.2) is 48.6 Å². The van der Waals surface area contributed by atoms with E-state index < -0.39 is 0 Å². The Morgan fingerprint density at radius 3 is 1.42 bits per heavy atom. The van der Waals surface area contributed by atoms with Gasteiger partial charge in [0, 0.05) is 18.9 Å². The molecule has 1 heterocycles. The zero-order valence-corrected chi connectivity index (χ0v) is 34.0. The molecule has 0 bridgehead atoms. The Bertz CT molecular complexity index is 824. The van der Waals surface area contributed by atoms with Gasteiger partial charge in [-0.2, -0.15) is 0 Å². The van der Waals surface area contributed by atoms with E-state index in [1.807, 2.05) is 0 Å². The lowest BCUT2D eigenvalue weighted by Gasteiger charge is -2.29. The van der Waals surface area contributed by atoms with Crippen LogP contribution in [0.2, 0.25) is 0 Å². The second-order valence-electron chi connectivity index (χ2n) is 16.2. The van der Waals surface area contributed by atoms with Crippen molar-refractivity contribution in [3.63, 3.8) is 0 Å². The third-order valence-corrected chi connectivity index (χ3v) is 11.3. The smallest absolute Gasteiger partial charge is 0.168 e. The van der Waals surface area contributed by atoms with Crippen LogP contribution >= 0.6 is 0 Å². The number of unbranched alkanes of at least 4 members (excludes halogenated alkanes) is 18. The molecule has 3 nitrogen and oxygen atoms in total. The lowest BCUT2D eigenvalue weighted by Crippen LogP contribution is -2.31. The van der Waals surface area contributed by atoms with Crippen molar-refractivity contribution in [1.29, 1.82) is 0 Å². The Morgan fingerprint density at radius 2 is 0.980 bits per heavy atom. The molecule has 1 saturated carbocycles. The van der Waals surface area contributed by atoms with Gasteiger partial charge in [-0.25, -0.2) is 0 Å². The normalized spacial score (nSPS) is 21.1. The maximum absolute atomic E-state index is 6.89. The van der Waals surface area contributed by atoms with E-state index in [9.17, 15) is 0 Å². The Kier molecular flexibility index (Phi) is 28.2. The summed E-state index contributed by atoms with van der Waals surface area (Å²) in [5, 5.41) is 0. The predicted octanol–water partition coefficient (Wildman–Crippen LogP) is 14.6. The van der Waals surface area contributed by atoms with Gasteiger partial charge in [0.25, 0.3) is 0 Å². The van der Waals surface area contributed by atoms with Gasteiger partial charge in [-0.15, -0.1) is 0 Å². The molecule has 2 aliphatic rings. The van der Waals surface area contributed by atoms with Crippen LogP contribution in [0, 0.1) is 5.92 Å². The van der Waals surface area contributed by atoms with Crippen molar-refractivity contribution in [2.24, 2.45) is 5.92 Å². The Labute approximate surface area is 313 Å². The van der Waals surface area contributed by atoms with E-state index in [-0.39, 0.29) is 5.79 Å². The molecule has 0 aromatic carbocycles.